The summed E-state index contributed by atoms with van der Waals surface area (Å²) in [5, 5.41) is 20.1. The number of hydrogen-bond donors (Lipinski definition) is 3. The van der Waals surface area contributed by atoms with Crippen LogP contribution in [0.25, 0.3) is 12.2 Å². The molecule has 3 aliphatic carbocycles. The molecule has 0 radical (unpaired) electrons. The SMILES string of the molecule is C=Cc1nc(NC2CC2)sc1/C=C/S(=O)(=O)N(C[C@@H](O)[C@H](Cc1ccc(OC)cc1)NC(=O)OC1C2CO[C@H]3OCCC1[C@H](C)C23)CC1(C)CC1. The molecule has 278 valence electrons. The number of carbonyl (C=O) groups is 1. The van der Waals surface area contributed by atoms with Gasteiger partial charge in [0.2, 0.25) is 10.0 Å². The average molecular weight is 743 g/mol. The summed E-state index contributed by atoms with van der Waals surface area (Å²) in [6.07, 6.45) is 5.69. The number of aromatic nitrogens is 1. The number of thiazole rings is 1. The Hall–Kier alpha value is -3.01. The van der Waals surface area contributed by atoms with E-state index in [9.17, 15) is 18.3 Å². The first kappa shape index (κ1) is 36.4. The summed E-state index contributed by atoms with van der Waals surface area (Å²) in [5.41, 5.74) is 1.27. The van der Waals surface area contributed by atoms with Crippen molar-refractivity contribution < 1.29 is 37.3 Å². The Morgan fingerprint density at radius 1 is 1.22 bits per heavy atom. The third kappa shape index (κ3) is 8.31. The molecule has 2 aliphatic heterocycles. The van der Waals surface area contributed by atoms with E-state index < -0.39 is 28.3 Å². The van der Waals surface area contributed by atoms with Gasteiger partial charge in [-0.25, -0.2) is 18.2 Å². The zero-order valence-electron chi connectivity index (χ0n) is 29.5. The van der Waals surface area contributed by atoms with Crippen molar-refractivity contribution in [3.8, 4) is 5.75 Å². The molecule has 12 nitrogen and oxygen atoms in total. The van der Waals surface area contributed by atoms with E-state index in [2.05, 4.69) is 29.1 Å². The maximum Gasteiger partial charge on any atom is 0.407 e. The molecule has 3 saturated carbocycles. The highest BCUT2D eigenvalue weighted by molar-refractivity contribution is 7.92. The Balaban J connectivity index is 1.09. The van der Waals surface area contributed by atoms with E-state index in [0.717, 1.165) is 42.8 Å². The second kappa shape index (κ2) is 14.8. The van der Waals surface area contributed by atoms with Crippen molar-refractivity contribution in [2.75, 3.05) is 38.7 Å². The van der Waals surface area contributed by atoms with E-state index in [1.54, 1.807) is 19.3 Å². The molecular formula is C37H50N4O8S2. The highest BCUT2D eigenvalue weighted by atomic mass is 32.2. The molecule has 8 atom stereocenters. The summed E-state index contributed by atoms with van der Waals surface area (Å²) in [6.45, 7) is 9.14. The van der Waals surface area contributed by atoms with Gasteiger partial charge in [0.15, 0.2) is 11.4 Å². The fourth-order valence-electron chi connectivity index (χ4n) is 7.87. The van der Waals surface area contributed by atoms with E-state index in [1.807, 2.05) is 31.2 Å². The largest absolute Gasteiger partial charge is 0.497 e. The monoisotopic (exact) mass is 742 g/mol. The van der Waals surface area contributed by atoms with Crippen LogP contribution in [0.4, 0.5) is 9.93 Å². The van der Waals surface area contributed by atoms with Crippen LogP contribution in [0.15, 0.2) is 36.3 Å². The minimum atomic E-state index is -3.99. The van der Waals surface area contributed by atoms with E-state index in [0.29, 0.717) is 35.6 Å². The molecule has 1 aromatic carbocycles. The first-order chi connectivity index (χ1) is 24.4. The van der Waals surface area contributed by atoms with Gasteiger partial charge in [0.25, 0.3) is 0 Å². The number of benzene rings is 1. The average Bonchev–Trinajstić information content (AvgIpc) is 3.96. The van der Waals surface area contributed by atoms with Crippen LogP contribution in [-0.2, 0) is 30.7 Å². The lowest BCUT2D eigenvalue weighted by molar-refractivity contribution is -0.128. The van der Waals surface area contributed by atoms with Crippen LogP contribution in [0.2, 0.25) is 0 Å². The molecule has 4 unspecified atom stereocenters. The molecule has 2 aromatic rings. The van der Waals surface area contributed by atoms with Crippen LogP contribution in [-0.4, -0.2) is 92.9 Å². The number of methoxy groups -OCH3 is 1. The maximum atomic E-state index is 14.0. The van der Waals surface area contributed by atoms with Gasteiger partial charge in [0, 0.05) is 42.3 Å². The highest BCUT2D eigenvalue weighted by Gasteiger charge is 2.58. The van der Waals surface area contributed by atoms with Crippen molar-refractivity contribution in [3.05, 3.63) is 52.4 Å². The minimum absolute atomic E-state index is 0.0402. The van der Waals surface area contributed by atoms with Crippen molar-refractivity contribution in [2.24, 2.45) is 29.1 Å². The molecule has 3 N–H and O–H groups in total. The number of aliphatic hydroxyl groups is 1. The summed E-state index contributed by atoms with van der Waals surface area (Å²) in [7, 11) is -2.40. The number of nitrogens with one attached hydrogen (secondary N) is 2. The summed E-state index contributed by atoms with van der Waals surface area (Å²) in [6, 6.07) is 6.93. The van der Waals surface area contributed by atoms with Crippen LogP contribution >= 0.6 is 11.3 Å². The quantitative estimate of drug-likeness (QED) is 0.212. The van der Waals surface area contributed by atoms with Gasteiger partial charge in [-0.3, -0.25) is 0 Å². The number of anilines is 1. The van der Waals surface area contributed by atoms with Gasteiger partial charge in [-0.1, -0.05) is 43.9 Å². The summed E-state index contributed by atoms with van der Waals surface area (Å²) in [4.78, 5) is 18.9. The van der Waals surface area contributed by atoms with Crippen molar-refractivity contribution in [2.45, 2.75) is 83.0 Å². The third-order valence-corrected chi connectivity index (χ3v) is 13.8. The molecule has 5 fully saturated rings. The van der Waals surface area contributed by atoms with Crippen LogP contribution < -0.4 is 15.4 Å². The minimum Gasteiger partial charge on any atom is -0.497 e. The number of nitrogens with zero attached hydrogens (tertiary/aromatic N) is 2. The Labute approximate surface area is 304 Å². The normalized spacial score (nSPS) is 29.0. The Kier molecular flexibility index (Phi) is 10.5. The Bertz CT molecular complexity index is 1700. The van der Waals surface area contributed by atoms with E-state index >= 15 is 0 Å². The molecule has 1 amide bonds. The summed E-state index contributed by atoms with van der Waals surface area (Å²) >= 11 is 1.39. The standard InChI is InChI=1S/C37H50N4O8S2/c1-5-28-31(50-35(39-28)38-24-8-9-24)13-17-51(44,45)41(21-37(3)14-15-37)19-30(42)29(18-23-6-10-25(46-4)11-7-23)40-36(43)49-33-26-12-16-47-34-32(22(26)2)27(33)20-48-34/h5-7,10-11,13,17,22,24,26-27,29-30,32-34,42H,1,8-9,12,14-16,18-21H2,2-4H3,(H,38,39)(H,40,43)/b17-13+/t22-,26?,27?,29-,30+,32?,33?,34+/m0/s1. The number of alkyl carbamates (subject to hydrolysis) is 1. The van der Waals surface area contributed by atoms with Crippen molar-refractivity contribution >= 4 is 44.7 Å². The number of rotatable bonds is 16. The molecule has 51 heavy (non-hydrogen) atoms. The van der Waals surface area contributed by atoms with E-state index in [4.69, 9.17) is 18.9 Å². The van der Waals surface area contributed by atoms with E-state index in [-0.39, 0.29) is 61.0 Å². The van der Waals surface area contributed by atoms with Gasteiger partial charge in [-0.2, -0.15) is 4.31 Å². The first-order valence-corrected chi connectivity index (χ1v) is 20.4. The second-order valence-corrected chi connectivity index (χ2v) is 18.1. The third-order valence-electron chi connectivity index (χ3n) is 11.3. The van der Waals surface area contributed by atoms with Gasteiger partial charge in [0.05, 0.1) is 43.0 Å². The molecule has 14 heteroatoms. The zero-order chi connectivity index (χ0) is 35.9. The lowest BCUT2D eigenvalue weighted by Gasteiger charge is -2.31. The predicted molar refractivity (Wildman–Crippen MR) is 196 cm³/mol. The number of amides is 1. The van der Waals surface area contributed by atoms with Gasteiger partial charge in [0.1, 0.15) is 11.9 Å². The Morgan fingerprint density at radius 3 is 2.67 bits per heavy atom. The van der Waals surface area contributed by atoms with Crippen molar-refractivity contribution in [1.29, 1.82) is 0 Å². The van der Waals surface area contributed by atoms with Crippen molar-refractivity contribution in [1.82, 2.24) is 14.6 Å². The fraction of sp³-hybridized carbons (Fsp3) is 0.622. The number of fused-ring (bicyclic) bond motifs is 1. The van der Waals surface area contributed by atoms with Crippen LogP contribution in [0.1, 0.15) is 62.1 Å². The van der Waals surface area contributed by atoms with E-state index in [1.165, 1.54) is 21.1 Å². The number of aliphatic hydroxyl groups excluding tert-OH is 1. The molecule has 0 spiro atoms. The maximum absolute atomic E-state index is 14.0. The molecule has 5 aliphatic rings. The smallest absolute Gasteiger partial charge is 0.407 e. The van der Waals surface area contributed by atoms with Gasteiger partial charge < -0.3 is 34.7 Å². The van der Waals surface area contributed by atoms with Crippen LogP contribution in [0.5, 0.6) is 5.75 Å². The number of hydrogen-bond acceptors (Lipinski definition) is 11. The number of sulfonamides is 1. The van der Waals surface area contributed by atoms with Crippen molar-refractivity contribution in [3.63, 3.8) is 0 Å². The summed E-state index contributed by atoms with van der Waals surface area (Å²) in [5.74, 6) is 1.32. The van der Waals surface area contributed by atoms with Gasteiger partial charge >= 0.3 is 6.09 Å². The second-order valence-electron chi connectivity index (χ2n) is 15.2. The number of carbonyl (C=O) groups excluding carboxylic acids is 1. The Morgan fingerprint density at radius 2 is 1.98 bits per heavy atom. The van der Waals surface area contributed by atoms with Crippen LogP contribution in [0, 0.1) is 29.1 Å². The lowest BCUT2D eigenvalue weighted by atomic mass is 9.89. The van der Waals surface area contributed by atoms with Gasteiger partial charge in [-0.15, -0.1) is 0 Å². The molecule has 2 bridgehead atoms. The molecule has 1 aromatic heterocycles. The predicted octanol–water partition coefficient (Wildman–Crippen LogP) is 5.11. The van der Waals surface area contributed by atoms with Gasteiger partial charge in [-0.05, 0) is 79.7 Å². The highest BCUT2D eigenvalue weighted by Crippen LogP contribution is 2.52. The number of ether oxygens (including phenoxy) is 4. The lowest BCUT2D eigenvalue weighted by Crippen LogP contribution is -2.52. The topological polar surface area (TPSA) is 149 Å². The molecule has 2 saturated heterocycles. The fourth-order valence-corrected chi connectivity index (χ4v) is 10.2. The first-order valence-electron chi connectivity index (χ1n) is 18.0. The van der Waals surface area contributed by atoms with Crippen LogP contribution in [0.3, 0.4) is 0 Å². The molecular weight excluding hydrogens is 693 g/mol. The molecule has 7 rings (SSSR count). The molecule has 3 heterocycles. The summed E-state index contributed by atoms with van der Waals surface area (Å²) < 4.78 is 52.7. The zero-order valence-corrected chi connectivity index (χ0v) is 31.2.